The van der Waals surface area contributed by atoms with E-state index in [0.717, 1.165) is 36.5 Å². The molecule has 0 saturated carbocycles. The molecule has 1 aromatic carbocycles. The number of rotatable bonds is 6. The zero-order valence-corrected chi connectivity index (χ0v) is 17.6. The van der Waals surface area contributed by atoms with E-state index in [1.54, 1.807) is 21.3 Å². The third-order valence-electron chi connectivity index (χ3n) is 5.59. The molecule has 1 aromatic rings. The Bertz CT molecular complexity index is 696. The Morgan fingerprint density at radius 2 is 1.86 bits per heavy atom. The number of hydrogen-bond acceptors (Lipinski definition) is 6. The minimum absolute atomic E-state index is 0. The maximum atomic E-state index is 13.2. The summed E-state index contributed by atoms with van der Waals surface area (Å²) >= 11 is 0. The van der Waals surface area contributed by atoms with Crippen molar-refractivity contribution in [1.82, 2.24) is 5.01 Å². The average Bonchev–Trinajstić information content (AvgIpc) is 3.32. The zero-order valence-electron chi connectivity index (χ0n) is 16.9. The molecule has 0 spiro atoms. The molecular formula is C20H29ClN2O5. The summed E-state index contributed by atoms with van der Waals surface area (Å²) in [7, 11) is 6.43. The van der Waals surface area contributed by atoms with Crippen molar-refractivity contribution in [3.05, 3.63) is 41.7 Å². The molecule has 2 aliphatic rings. The van der Waals surface area contributed by atoms with Gasteiger partial charge in [0.15, 0.2) is 5.76 Å². The lowest BCUT2D eigenvalue weighted by Crippen LogP contribution is -3.00. The van der Waals surface area contributed by atoms with Gasteiger partial charge in [0.1, 0.15) is 12.3 Å². The molecule has 0 aromatic heterocycles. The van der Waals surface area contributed by atoms with Crippen molar-refractivity contribution in [1.29, 1.82) is 0 Å². The van der Waals surface area contributed by atoms with Gasteiger partial charge in [-0.25, -0.2) is 0 Å². The highest BCUT2D eigenvalue weighted by molar-refractivity contribution is 5.61. The number of benzene rings is 1. The molecule has 0 N–H and O–H groups in total. The number of hydrogen-bond donors (Lipinski definition) is 0. The number of ether oxygens (including phenoxy) is 4. The molecule has 1 fully saturated rings. The van der Waals surface area contributed by atoms with Gasteiger partial charge < -0.3 is 31.4 Å². The SMILES string of the molecule is COC[C@@H]1CCCN1[N+]1(C(=O)OC)CC=C(OC)[C@@H]1c1ccc(OC)cc1.[Cl-]. The van der Waals surface area contributed by atoms with Gasteiger partial charge in [-0.3, -0.25) is 0 Å². The van der Waals surface area contributed by atoms with E-state index in [1.165, 1.54) is 7.11 Å². The van der Waals surface area contributed by atoms with Gasteiger partial charge in [0.2, 0.25) is 6.04 Å². The number of carbonyl (C=O) groups is 1. The second-order valence-corrected chi connectivity index (χ2v) is 6.88. The topological polar surface area (TPSA) is 57.2 Å². The Morgan fingerprint density at radius 1 is 1.14 bits per heavy atom. The second-order valence-electron chi connectivity index (χ2n) is 6.88. The Balaban J connectivity index is 0.00000280. The van der Waals surface area contributed by atoms with Crippen LogP contribution in [-0.2, 0) is 14.2 Å². The van der Waals surface area contributed by atoms with Gasteiger partial charge in [-0.15, -0.1) is 9.60 Å². The lowest BCUT2D eigenvalue weighted by atomic mass is 10.0. The van der Waals surface area contributed by atoms with Crippen LogP contribution in [0.2, 0.25) is 0 Å². The predicted molar refractivity (Wildman–Crippen MR) is 100.0 cm³/mol. The summed E-state index contributed by atoms with van der Waals surface area (Å²) in [6.07, 6.45) is 3.71. The van der Waals surface area contributed by atoms with Gasteiger partial charge in [0.25, 0.3) is 0 Å². The standard InChI is InChI=1S/C20H29N2O5.ClH/c1-24-14-16-6-5-12-21(16)22(20(23)27-4)13-11-18(26-3)19(22)15-7-9-17(25-2)10-8-15;/h7-11,16,19H,5-6,12-14H2,1-4H3;1H/q+1;/p-1/t16-,19-,22?;/m0./s1. The molecule has 8 heteroatoms. The van der Waals surface area contributed by atoms with Gasteiger partial charge in [-0.05, 0) is 37.1 Å². The van der Waals surface area contributed by atoms with Crippen molar-refractivity contribution < 1.29 is 40.7 Å². The van der Waals surface area contributed by atoms with Crippen LogP contribution in [0.15, 0.2) is 36.1 Å². The monoisotopic (exact) mass is 412 g/mol. The number of quaternary nitrogens is 1. The molecule has 0 aliphatic carbocycles. The van der Waals surface area contributed by atoms with E-state index >= 15 is 0 Å². The van der Waals surface area contributed by atoms with Gasteiger partial charge in [-0.1, -0.05) is 0 Å². The highest BCUT2D eigenvalue weighted by Gasteiger charge is 2.59. The molecule has 0 bridgehead atoms. The highest BCUT2D eigenvalue weighted by atomic mass is 35.5. The zero-order chi connectivity index (χ0) is 19.4. The highest BCUT2D eigenvalue weighted by Crippen LogP contribution is 2.45. The first-order valence-electron chi connectivity index (χ1n) is 9.22. The van der Waals surface area contributed by atoms with E-state index in [2.05, 4.69) is 5.01 Å². The minimum Gasteiger partial charge on any atom is -1.00 e. The van der Waals surface area contributed by atoms with E-state index in [1.807, 2.05) is 30.3 Å². The maximum absolute atomic E-state index is 13.2. The third kappa shape index (κ3) is 3.72. The van der Waals surface area contributed by atoms with Crippen LogP contribution in [0.1, 0.15) is 24.4 Å². The van der Waals surface area contributed by atoms with Crippen LogP contribution >= 0.6 is 0 Å². The van der Waals surface area contributed by atoms with Crippen LogP contribution in [0.25, 0.3) is 0 Å². The fourth-order valence-electron chi connectivity index (χ4n) is 4.40. The van der Waals surface area contributed by atoms with Crippen LogP contribution < -0.4 is 17.1 Å². The minimum atomic E-state index is -0.300. The summed E-state index contributed by atoms with van der Waals surface area (Å²) in [5.74, 6) is 1.54. The Morgan fingerprint density at radius 3 is 2.43 bits per heavy atom. The van der Waals surface area contributed by atoms with Crippen molar-refractivity contribution in [3.8, 4) is 5.75 Å². The van der Waals surface area contributed by atoms with E-state index in [-0.39, 0.29) is 35.2 Å². The third-order valence-corrected chi connectivity index (χ3v) is 5.59. The summed E-state index contributed by atoms with van der Waals surface area (Å²) in [5, 5.41) is 2.22. The number of amides is 1. The lowest BCUT2D eigenvalue weighted by molar-refractivity contribution is -0.987. The molecule has 1 saturated heterocycles. The predicted octanol–water partition coefficient (Wildman–Crippen LogP) is -0.107. The average molecular weight is 413 g/mol. The number of methoxy groups -OCH3 is 4. The molecule has 28 heavy (non-hydrogen) atoms. The Hall–Kier alpha value is -1.80. The largest absolute Gasteiger partial charge is 1.00 e. The molecule has 2 aliphatic heterocycles. The smallest absolute Gasteiger partial charge is 0.537 e. The summed E-state index contributed by atoms with van der Waals surface area (Å²) in [5.41, 5.74) is 0.981. The molecule has 1 amide bonds. The van der Waals surface area contributed by atoms with Gasteiger partial charge in [0.05, 0.1) is 34.0 Å². The summed E-state index contributed by atoms with van der Waals surface area (Å²) in [6.45, 7) is 1.88. The summed E-state index contributed by atoms with van der Waals surface area (Å²) in [6, 6.07) is 7.63. The van der Waals surface area contributed by atoms with E-state index < -0.39 is 0 Å². The molecule has 156 valence electrons. The number of nitrogens with zero attached hydrogens (tertiary/aromatic N) is 2. The van der Waals surface area contributed by atoms with Crippen molar-refractivity contribution in [2.24, 2.45) is 0 Å². The fourth-order valence-corrected chi connectivity index (χ4v) is 4.40. The molecule has 2 heterocycles. The van der Waals surface area contributed by atoms with Gasteiger partial charge in [0, 0.05) is 25.3 Å². The van der Waals surface area contributed by atoms with Crippen molar-refractivity contribution >= 4 is 6.09 Å². The molecule has 1 unspecified atom stereocenters. The normalized spacial score (nSPS) is 27.1. The first-order valence-corrected chi connectivity index (χ1v) is 9.22. The molecule has 3 atom stereocenters. The molecule has 3 rings (SSSR count). The first kappa shape index (κ1) is 22.5. The van der Waals surface area contributed by atoms with Crippen LogP contribution in [0.3, 0.4) is 0 Å². The number of carbonyl (C=O) groups excluding carboxylic acids is 1. The second kappa shape index (κ2) is 9.60. The fraction of sp³-hybridized carbons (Fsp3) is 0.550. The Kier molecular flexibility index (Phi) is 7.71. The maximum Gasteiger partial charge on any atom is 0.537 e. The van der Waals surface area contributed by atoms with Crippen LogP contribution in [-0.4, -0.2) is 69.9 Å². The van der Waals surface area contributed by atoms with Crippen LogP contribution in [0.4, 0.5) is 4.79 Å². The van der Waals surface area contributed by atoms with Crippen molar-refractivity contribution in [2.75, 3.05) is 48.1 Å². The van der Waals surface area contributed by atoms with Gasteiger partial charge >= 0.3 is 6.09 Å². The lowest BCUT2D eigenvalue weighted by Gasteiger charge is -2.44. The van der Waals surface area contributed by atoms with Gasteiger partial charge in [-0.2, -0.15) is 4.79 Å². The van der Waals surface area contributed by atoms with E-state index in [9.17, 15) is 4.79 Å². The molecule has 0 radical (unpaired) electrons. The molecular weight excluding hydrogens is 384 g/mol. The van der Waals surface area contributed by atoms with Crippen molar-refractivity contribution in [2.45, 2.75) is 24.9 Å². The van der Waals surface area contributed by atoms with Crippen molar-refractivity contribution in [3.63, 3.8) is 0 Å². The molecule has 7 nitrogen and oxygen atoms in total. The van der Waals surface area contributed by atoms with Crippen LogP contribution in [0.5, 0.6) is 5.75 Å². The summed E-state index contributed by atoms with van der Waals surface area (Å²) in [4.78, 5) is 13.2. The Labute approximate surface area is 172 Å². The van der Waals surface area contributed by atoms with Crippen LogP contribution in [0, 0.1) is 0 Å². The quantitative estimate of drug-likeness (QED) is 0.608. The summed E-state index contributed by atoms with van der Waals surface area (Å²) < 4.78 is 21.7. The van der Waals surface area contributed by atoms with E-state index in [0.29, 0.717) is 13.2 Å². The first-order chi connectivity index (χ1) is 13.1. The number of halogens is 1. The van der Waals surface area contributed by atoms with E-state index in [4.69, 9.17) is 18.9 Å².